The van der Waals surface area contributed by atoms with Crippen molar-refractivity contribution in [2.24, 2.45) is 0 Å². The van der Waals surface area contributed by atoms with Crippen LogP contribution in [-0.4, -0.2) is 33.7 Å². The Balaban J connectivity index is 2.19. The zero-order valence-electron chi connectivity index (χ0n) is 8.52. The summed E-state index contributed by atoms with van der Waals surface area (Å²) in [5.41, 5.74) is 0. The fourth-order valence-electron chi connectivity index (χ4n) is 2.05. The number of hydrogen-bond acceptors (Lipinski definition) is 3. The lowest BCUT2D eigenvalue weighted by molar-refractivity contribution is 0.0675. The van der Waals surface area contributed by atoms with Gasteiger partial charge in [-0.15, -0.1) is 0 Å². The van der Waals surface area contributed by atoms with Gasteiger partial charge in [0.1, 0.15) is 0 Å². The smallest absolute Gasteiger partial charge is 0.372 e. The number of carboxylic acids is 1. The molecule has 15 heavy (non-hydrogen) atoms. The highest BCUT2D eigenvalue weighted by Gasteiger charge is 2.19. The molecule has 5 heteroatoms. The first-order valence-electron chi connectivity index (χ1n) is 5.26. The molecule has 82 valence electrons. The van der Waals surface area contributed by atoms with E-state index in [1.54, 1.807) is 17.0 Å². The molecule has 1 fully saturated rings. The minimum absolute atomic E-state index is 0.155. The van der Waals surface area contributed by atoms with E-state index < -0.39 is 5.97 Å². The molecule has 1 atom stereocenters. The van der Waals surface area contributed by atoms with Crippen molar-refractivity contribution in [2.45, 2.75) is 25.3 Å². The molecule has 1 saturated heterocycles. The maximum Gasteiger partial charge on any atom is 0.372 e. The zero-order valence-corrected chi connectivity index (χ0v) is 8.52. The van der Waals surface area contributed by atoms with Crippen LogP contribution in [0.5, 0.6) is 0 Å². The molecule has 0 saturated carbocycles. The van der Waals surface area contributed by atoms with Gasteiger partial charge in [-0.25, -0.2) is 9.78 Å². The maximum atomic E-state index is 10.9. The third-order valence-electron chi connectivity index (χ3n) is 2.80. The van der Waals surface area contributed by atoms with E-state index in [0.29, 0.717) is 0 Å². The van der Waals surface area contributed by atoms with Crippen LogP contribution in [0, 0.1) is 0 Å². The number of nitrogens with one attached hydrogen (secondary N) is 1. The summed E-state index contributed by atoms with van der Waals surface area (Å²) in [7, 11) is 0. The van der Waals surface area contributed by atoms with Crippen molar-refractivity contribution in [3.8, 4) is 0 Å². The average Bonchev–Trinajstić information content (AvgIpc) is 2.55. The number of carboxylic acid groups (broad SMARTS) is 1. The van der Waals surface area contributed by atoms with Crippen LogP contribution in [0.2, 0.25) is 0 Å². The minimum Gasteiger partial charge on any atom is -0.475 e. The Morgan fingerprint density at radius 1 is 1.53 bits per heavy atom. The van der Waals surface area contributed by atoms with Crippen LogP contribution in [0.15, 0.2) is 12.4 Å². The molecule has 2 rings (SSSR count). The molecule has 1 aliphatic heterocycles. The van der Waals surface area contributed by atoms with Gasteiger partial charge in [0.2, 0.25) is 5.82 Å². The van der Waals surface area contributed by atoms with Crippen LogP contribution < -0.4 is 5.32 Å². The molecule has 1 aromatic heterocycles. The second kappa shape index (κ2) is 4.44. The Morgan fingerprint density at radius 2 is 2.40 bits per heavy atom. The fourth-order valence-corrected chi connectivity index (χ4v) is 2.05. The molecule has 5 nitrogen and oxygen atoms in total. The van der Waals surface area contributed by atoms with Gasteiger partial charge in [-0.2, -0.15) is 0 Å². The van der Waals surface area contributed by atoms with Gasteiger partial charge in [-0.3, -0.25) is 0 Å². The number of rotatable bonds is 2. The lowest BCUT2D eigenvalue weighted by atomic mass is 10.1. The normalized spacial score (nSPS) is 22.3. The summed E-state index contributed by atoms with van der Waals surface area (Å²) in [6.07, 6.45) is 6.39. The Labute approximate surface area is 88.1 Å². The van der Waals surface area contributed by atoms with E-state index in [4.69, 9.17) is 5.11 Å². The molecular formula is C10H15N3O2. The summed E-state index contributed by atoms with van der Waals surface area (Å²) in [4.78, 5) is 14.8. The van der Waals surface area contributed by atoms with Crippen LogP contribution >= 0.6 is 0 Å². The van der Waals surface area contributed by atoms with Crippen molar-refractivity contribution in [3.63, 3.8) is 0 Å². The highest BCUT2D eigenvalue weighted by molar-refractivity contribution is 5.83. The molecule has 2 heterocycles. The first-order valence-corrected chi connectivity index (χ1v) is 5.26. The van der Waals surface area contributed by atoms with Gasteiger partial charge in [0.25, 0.3) is 0 Å². The number of aromatic nitrogens is 2. The van der Waals surface area contributed by atoms with E-state index in [0.717, 1.165) is 32.4 Å². The van der Waals surface area contributed by atoms with Crippen LogP contribution in [0.4, 0.5) is 0 Å². The van der Waals surface area contributed by atoms with E-state index in [9.17, 15) is 4.79 Å². The van der Waals surface area contributed by atoms with E-state index in [-0.39, 0.29) is 11.9 Å². The van der Waals surface area contributed by atoms with Gasteiger partial charge in [0, 0.05) is 18.4 Å². The van der Waals surface area contributed by atoms with Crippen molar-refractivity contribution >= 4 is 5.97 Å². The molecule has 0 bridgehead atoms. The van der Waals surface area contributed by atoms with Crippen molar-refractivity contribution < 1.29 is 9.90 Å². The second-order valence-electron chi connectivity index (χ2n) is 3.80. The molecule has 0 aromatic carbocycles. The predicted molar refractivity (Wildman–Crippen MR) is 54.9 cm³/mol. The Kier molecular flexibility index (Phi) is 3.01. The van der Waals surface area contributed by atoms with E-state index in [1.807, 2.05) is 0 Å². The van der Waals surface area contributed by atoms with Crippen molar-refractivity contribution in [3.05, 3.63) is 18.2 Å². The van der Waals surface area contributed by atoms with Gasteiger partial charge < -0.3 is 15.0 Å². The highest BCUT2D eigenvalue weighted by atomic mass is 16.4. The van der Waals surface area contributed by atoms with Crippen LogP contribution in [0.25, 0.3) is 0 Å². The van der Waals surface area contributed by atoms with E-state index in [1.165, 1.54) is 0 Å². The predicted octanol–water partition coefficient (Wildman–Crippen LogP) is 0.896. The van der Waals surface area contributed by atoms with Crippen LogP contribution in [0.1, 0.15) is 35.9 Å². The first-order chi connectivity index (χ1) is 7.29. The molecule has 0 spiro atoms. The Bertz CT molecular complexity index is 340. The number of hydrogen-bond donors (Lipinski definition) is 2. The molecular weight excluding hydrogens is 194 g/mol. The monoisotopic (exact) mass is 209 g/mol. The summed E-state index contributed by atoms with van der Waals surface area (Å²) in [5, 5.41) is 12.3. The van der Waals surface area contributed by atoms with E-state index >= 15 is 0 Å². The highest BCUT2D eigenvalue weighted by Crippen LogP contribution is 2.21. The summed E-state index contributed by atoms with van der Waals surface area (Å²) < 4.78 is 1.79. The van der Waals surface area contributed by atoms with E-state index in [2.05, 4.69) is 10.3 Å². The van der Waals surface area contributed by atoms with Gasteiger partial charge in [0.15, 0.2) is 0 Å². The topological polar surface area (TPSA) is 67.1 Å². The van der Waals surface area contributed by atoms with Crippen LogP contribution in [-0.2, 0) is 0 Å². The molecule has 0 amide bonds. The summed E-state index contributed by atoms with van der Waals surface area (Å²) in [6.45, 7) is 1.97. The summed E-state index contributed by atoms with van der Waals surface area (Å²) >= 11 is 0. The second-order valence-corrected chi connectivity index (χ2v) is 3.80. The first kappa shape index (κ1) is 10.2. The molecule has 0 aliphatic carbocycles. The SMILES string of the molecule is O=C(O)c1nccn1C1CCCNCC1. The lowest BCUT2D eigenvalue weighted by Crippen LogP contribution is -2.17. The third kappa shape index (κ3) is 2.18. The van der Waals surface area contributed by atoms with Gasteiger partial charge >= 0.3 is 5.97 Å². The molecule has 2 N–H and O–H groups in total. The van der Waals surface area contributed by atoms with Gasteiger partial charge in [-0.05, 0) is 32.4 Å². The summed E-state index contributed by atoms with van der Waals surface area (Å²) in [5.74, 6) is -0.792. The van der Waals surface area contributed by atoms with Gasteiger partial charge in [-0.1, -0.05) is 0 Å². The molecule has 1 aliphatic rings. The van der Waals surface area contributed by atoms with Gasteiger partial charge in [0.05, 0.1) is 0 Å². The quantitative estimate of drug-likeness (QED) is 0.759. The molecule has 1 unspecified atom stereocenters. The minimum atomic E-state index is -0.947. The average molecular weight is 209 g/mol. The van der Waals surface area contributed by atoms with Crippen molar-refractivity contribution in [1.29, 1.82) is 0 Å². The zero-order chi connectivity index (χ0) is 10.7. The number of aromatic carboxylic acids is 1. The van der Waals surface area contributed by atoms with Crippen molar-refractivity contribution in [2.75, 3.05) is 13.1 Å². The lowest BCUT2D eigenvalue weighted by Gasteiger charge is -2.16. The number of nitrogens with zero attached hydrogens (tertiary/aromatic N) is 2. The third-order valence-corrected chi connectivity index (χ3v) is 2.80. The standard InChI is InChI=1S/C10H15N3O2/c14-10(15)9-12-6-7-13(9)8-2-1-4-11-5-3-8/h6-8,11H,1-5H2,(H,14,15). The molecule has 1 aromatic rings. The molecule has 0 radical (unpaired) electrons. The van der Waals surface area contributed by atoms with Crippen molar-refractivity contribution in [1.82, 2.24) is 14.9 Å². The Morgan fingerprint density at radius 3 is 3.20 bits per heavy atom. The fraction of sp³-hybridized carbons (Fsp3) is 0.600. The van der Waals surface area contributed by atoms with Crippen LogP contribution in [0.3, 0.4) is 0 Å². The number of imidazole rings is 1. The largest absolute Gasteiger partial charge is 0.475 e. The number of carbonyl (C=O) groups is 1. The maximum absolute atomic E-state index is 10.9. The summed E-state index contributed by atoms with van der Waals surface area (Å²) in [6, 6.07) is 0.272. The Hall–Kier alpha value is -1.36.